The van der Waals surface area contributed by atoms with E-state index in [4.69, 9.17) is 9.84 Å². The van der Waals surface area contributed by atoms with Gasteiger partial charge in [0.25, 0.3) is 6.43 Å². The fourth-order valence-electron chi connectivity index (χ4n) is 1.43. The molecule has 1 rings (SSSR count). The van der Waals surface area contributed by atoms with Gasteiger partial charge in [-0.25, -0.2) is 8.78 Å². The van der Waals surface area contributed by atoms with Crippen LogP contribution in [0.5, 0.6) is 5.75 Å². The second-order valence-corrected chi connectivity index (χ2v) is 3.21. The lowest BCUT2D eigenvalue weighted by Gasteiger charge is -2.13. The number of methoxy groups -OCH3 is 1. The third kappa shape index (κ3) is 2.44. The van der Waals surface area contributed by atoms with Gasteiger partial charge in [0.05, 0.1) is 24.8 Å². The molecule has 6 heteroatoms. The zero-order valence-corrected chi connectivity index (χ0v) is 8.83. The van der Waals surface area contributed by atoms with Crippen LogP contribution in [-0.2, 0) is 11.2 Å². The number of hydrogen-bond acceptors (Lipinski definition) is 3. The van der Waals surface area contributed by atoms with Crippen LogP contribution in [0.2, 0.25) is 0 Å². The molecule has 0 saturated carbocycles. The van der Waals surface area contributed by atoms with Crippen molar-refractivity contribution in [2.75, 3.05) is 7.11 Å². The molecule has 0 spiro atoms. The first-order chi connectivity index (χ1) is 7.47. The summed E-state index contributed by atoms with van der Waals surface area (Å²) in [7, 11) is 1.26. The van der Waals surface area contributed by atoms with Crippen molar-refractivity contribution in [2.24, 2.45) is 0 Å². The van der Waals surface area contributed by atoms with E-state index in [0.29, 0.717) is 5.56 Å². The van der Waals surface area contributed by atoms with Gasteiger partial charge in [-0.2, -0.15) is 0 Å². The number of alkyl halides is 2. The minimum atomic E-state index is -2.81. The van der Waals surface area contributed by atoms with Crippen LogP contribution in [0.25, 0.3) is 0 Å². The van der Waals surface area contributed by atoms with Crippen LogP contribution in [0.15, 0.2) is 6.20 Å². The van der Waals surface area contributed by atoms with Gasteiger partial charge in [0.1, 0.15) is 5.75 Å². The molecule has 88 valence electrons. The zero-order chi connectivity index (χ0) is 12.3. The number of nitrogens with zero attached hydrogens (tertiary/aromatic N) is 1. The Morgan fingerprint density at radius 3 is 2.69 bits per heavy atom. The summed E-state index contributed by atoms with van der Waals surface area (Å²) in [6.07, 6.45) is -2.03. The lowest BCUT2D eigenvalue weighted by Crippen LogP contribution is -2.09. The summed E-state index contributed by atoms with van der Waals surface area (Å²) in [6.45, 7) is 1.57. The fourth-order valence-corrected chi connectivity index (χ4v) is 1.43. The molecule has 0 atom stereocenters. The molecule has 0 radical (unpaired) electrons. The first-order valence-corrected chi connectivity index (χ1v) is 4.49. The smallest absolute Gasteiger partial charge is 0.309 e. The highest BCUT2D eigenvalue weighted by molar-refractivity contribution is 5.70. The van der Waals surface area contributed by atoms with Crippen LogP contribution in [0, 0.1) is 6.92 Å². The Labute approximate surface area is 90.9 Å². The Kier molecular flexibility index (Phi) is 3.76. The number of aliphatic carboxylic acids is 1. The average molecular weight is 231 g/mol. The molecule has 0 aliphatic carbocycles. The number of halogens is 2. The molecule has 0 aliphatic heterocycles. The maximum atomic E-state index is 12.8. The van der Waals surface area contributed by atoms with Crippen molar-refractivity contribution < 1.29 is 23.4 Å². The van der Waals surface area contributed by atoms with Crippen molar-refractivity contribution in [3.05, 3.63) is 23.0 Å². The Bertz CT molecular complexity index is 407. The van der Waals surface area contributed by atoms with E-state index in [-0.39, 0.29) is 11.4 Å². The van der Waals surface area contributed by atoms with E-state index in [1.807, 2.05) is 0 Å². The normalized spacial score (nSPS) is 10.6. The van der Waals surface area contributed by atoms with E-state index in [2.05, 4.69) is 4.98 Å². The van der Waals surface area contributed by atoms with E-state index in [1.165, 1.54) is 13.3 Å². The Balaban J connectivity index is 3.32. The number of pyridine rings is 1. The number of carbonyl (C=O) groups is 1. The van der Waals surface area contributed by atoms with Gasteiger partial charge in [0, 0.05) is 11.8 Å². The van der Waals surface area contributed by atoms with E-state index in [0.717, 1.165) is 0 Å². The van der Waals surface area contributed by atoms with Crippen molar-refractivity contribution in [3.8, 4) is 5.75 Å². The van der Waals surface area contributed by atoms with Crippen molar-refractivity contribution in [3.63, 3.8) is 0 Å². The number of hydrogen-bond donors (Lipinski definition) is 1. The van der Waals surface area contributed by atoms with Gasteiger partial charge >= 0.3 is 5.97 Å². The summed E-state index contributed by atoms with van der Waals surface area (Å²) in [5.74, 6) is -1.21. The van der Waals surface area contributed by atoms with E-state index in [9.17, 15) is 13.6 Å². The summed E-state index contributed by atoms with van der Waals surface area (Å²) in [6, 6.07) is 0. The molecule has 16 heavy (non-hydrogen) atoms. The predicted octanol–water partition coefficient (Wildman–Crippen LogP) is 1.96. The van der Waals surface area contributed by atoms with Crippen LogP contribution >= 0.6 is 0 Å². The van der Waals surface area contributed by atoms with E-state index in [1.54, 1.807) is 6.92 Å². The van der Waals surface area contributed by atoms with Crippen molar-refractivity contribution in [1.82, 2.24) is 4.98 Å². The second kappa shape index (κ2) is 4.87. The van der Waals surface area contributed by atoms with Crippen LogP contribution < -0.4 is 4.74 Å². The minimum absolute atomic E-state index is 0.00116. The highest BCUT2D eigenvalue weighted by Crippen LogP contribution is 2.33. The molecule has 0 unspecified atom stereocenters. The molecule has 4 nitrogen and oxygen atoms in total. The number of carboxylic acids is 1. The molecule has 1 aromatic heterocycles. The van der Waals surface area contributed by atoms with Crippen LogP contribution in [0.1, 0.15) is 23.2 Å². The highest BCUT2D eigenvalue weighted by Gasteiger charge is 2.23. The molecule has 0 bridgehead atoms. The standard InChI is InChI=1S/C10H11F2NO3/c1-5-4-13-6(3-7(14)15)8(10(11)12)9(5)16-2/h4,10H,3H2,1-2H3,(H,14,15). The largest absolute Gasteiger partial charge is 0.496 e. The molecule has 1 N–H and O–H groups in total. The SMILES string of the molecule is COc1c(C)cnc(CC(=O)O)c1C(F)F. The van der Waals surface area contributed by atoms with Crippen molar-refractivity contribution in [1.29, 1.82) is 0 Å². The Morgan fingerprint density at radius 2 is 2.25 bits per heavy atom. The van der Waals surface area contributed by atoms with Crippen molar-refractivity contribution >= 4 is 5.97 Å². The number of carboxylic acid groups (broad SMARTS) is 1. The summed E-state index contributed by atoms with van der Waals surface area (Å²) in [5, 5.41) is 8.58. The third-order valence-electron chi connectivity index (χ3n) is 2.07. The summed E-state index contributed by atoms with van der Waals surface area (Å²) >= 11 is 0. The monoisotopic (exact) mass is 231 g/mol. The molecule has 0 aromatic carbocycles. The minimum Gasteiger partial charge on any atom is -0.496 e. The van der Waals surface area contributed by atoms with E-state index >= 15 is 0 Å². The molecule has 0 saturated heterocycles. The Hall–Kier alpha value is -1.72. The number of rotatable bonds is 4. The Morgan fingerprint density at radius 1 is 1.62 bits per heavy atom. The van der Waals surface area contributed by atoms with Gasteiger partial charge in [-0.1, -0.05) is 0 Å². The fraction of sp³-hybridized carbons (Fsp3) is 0.400. The van der Waals surface area contributed by atoms with Gasteiger partial charge < -0.3 is 9.84 Å². The lowest BCUT2D eigenvalue weighted by molar-refractivity contribution is -0.136. The third-order valence-corrected chi connectivity index (χ3v) is 2.07. The van der Waals surface area contributed by atoms with Crippen molar-refractivity contribution in [2.45, 2.75) is 19.8 Å². The van der Waals surface area contributed by atoms with Gasteiger partial charge in [-0.15, -0.1) is 0 Å². The molecule has 1 heterocycles. The number of ether oxygens (including phenoxy) is 1. The van der Waals surface area contributed by atoms with E-state index < -0.39 is 24.4 Å². The molecular formula is C10H11F2NO3. The van der Waals surface area contributed by atoms with Crippen LogP contribution in [-0.4, -0.2) is 23.2 Å². The quantitative estimate of drug-likeness (QED) is 0.860. The maximum Gasteiger partial charge on any atom is 0.309 e. The summed E-state index contributed by atoms with van der Waals surface area (Å²) in [5.41, 5.74) is -0.151. The summed E-state index contributed by atoms with van der Waals surface area (Å²) in [4.78, 5) is 14.2. The number of aromatic nitrogens is 1. The second-order valence-electron chi connectivity index (χ2n) is 3.21. The van der Waals surface area contributed by atoms with Crippen LogP contribution in [0.4, 0.5) is 8.78 Å². The summed E-state index contributed by atoms with van der Waals surface area (Å²) < 4.78 is 30.4. The van der Waals surface area contributed by atoms with Gasteiger partial charge in [-0.05, 0) is 6.92 Å². The molecule has 0 aliphatic rings. The topological polar surface area (TPSA) is 59.4 Å². The lowest BCUT2D eigenvalue weighted by atomic mass is 10.1. The molecule has 0 fully saturated rings. The number of aryl methyl sites for hydroxylation is 1. The molecule has 0 amide bonds. The predicted molar refractivity (Wildman–Crippen MR) is 51.8 cm³/mol. The highest BCUT2D eigenvalue weighted by atomic mass is 19.3. The first-order valence-electron chi connectivity index (χ1n) is 4.49. The first kappa shape index (κ1) is 12.4. The average Bonchev–Trinajstić information content (AvgIpc) is 2.18. The molecule has 1 aromatic rings. The zero-order valence-electron chi connectivity index (χ0n) is 8.83. The van der Waals surface area contributed by atoms with Gasteiger partial charge in [0.15, 0.2) is 0 Å². The maximum absolute atomic E-state index is 12.8. The van der Waals surface area contributed by atoms with Gasteiger partial charge in [-0.3, -0.25) is 9.78 Å². The van der Waals surface area contributed by atoms with Crippen LogP contribution in [0.3, 0.4) is 0 Å². The molecular weight excluding hydrogens is 220 g/mol. The van der Waals surface area contributed by atoms with Gasteiger partial charge in [0.2, 0.25) is 0 Å².